The van der Waals surface area contributed by atoms with Gasteiger partial charge >= 0.3 is 0 Å². The Bertz CT molecular complexity index is 629. The Morgan fingerprint density at radius 1 is 1.24 bits per heavy atom. The zero-order chi connectivity index (χ0) is 18.8. The van der Waals surface area contributed by atoms with Gasteiger partial charge in [0.1, 0.15) is 0 Å². The molecule has 25 heavy (non-hydrogen) atoms. The van der Waals surface area contributed by atoms with Crippen molar-refractivity contribution in [2.45, 2.75) is 71.3 Å². The Labute approximate surface area is 157 Å². The number of aryl methyl sites for hydroxylation is 1. The molecule has 0 unspecified atom stereocenters. The van der Waals surface area contributed by atoms with Crippen molar-refractivity contribution in [3.05, 3.63) is 41.0 Å². The van der Waals surface area contributed by atoms with Gasteiger partial charge in [0.2, 0.25) is 0 Å². The average Bonchev–Trinajstić information content (AvgIpc) is 2.89. The molecule has 2 atom stereocenters. The molecule has 4 heteroatoms. The molecule has 1 aromatic carbocycles. The Morgan fingerprint density at radius 3 is 2.52 bits per heavy atom. The predicted molar refractivity (Wildman–Crippen MR) is 111 cm³/mol. The van der Waals surface area contributed by atoms with Crippen LogP contribution in [0.1, 0.15) is 38.3 Å². The lowest BCUT2D eigenvalue weighted by atomic mass is 10.0. The molecule has 0 heterocycles. The Hall–Kier alpha value is -0.686. The molecule has 0 saturated heterocycles. The molecule has 0 aromatic heterocycles. The molecular formula is C21H34O2Si2. The van der Waals surface area contributed by atoms with Crippen molar-refractivity contribution >= 4 is 23.0 Å². The summed E-state index contributed by atoms with van der Waals surface area (Å²) >= 11 is 0. The fourth-order valence-electron chi connectivity index (χ4n) is 3.11. The lowest BCUT2D eigenvalue weighted by molar-refractivity contribution is 0.149. The Morgan fingerprint density at radius 2 is 1.92 bits per heavy atom. The van der Waals surface area contributed by atoms with E-state index in [-0.39, 0.29) is 17.7 Å². The van der Waals surface area contributed by atoms with Crippen molar-refractivity contribution in [3.8, 4) is 0 Å². The Kier molecular flexibility index (Phi) is 6.52. The van der Waals surface area contributed by atoms with Gasteiger partial charge in [0, 0.05) is 5.92 Å². The summed E-state index contributed by atoms with van der Waals surface area (Å²) in [6.07, 6.45) is 3.40. The van der Waals surface area contributed by atoms with Crippen molar-refractivity contribution < 1.29 is 9.53 Å². The molecule has 2 radical (unpaired) electrons. The highest BCUT2D eigenvalue weighted by molar-refractivity contribution is 6.74. The zero-order valence-electron chi connectivity index (χ0n) is 16.9. The Balaban J connectivity index is 2.11. The summed E-state index contributed by atoms with van der Waals surface area (Å²) in [5.41, 5.74) is 3.96. The summed E-state index contributed by atoms with van der Waals surface area (Å²) < 4.78 is 6.73. The molecule has 1 aliphatic carbocycles. The van der Waals surface area contributed by atoms with E-state index in [4.69, 9.17) is 4.43 Å². The van der Waals surface area contributed by atoms with E-state index >= 15 is 0 Å². The summed E-state index contributed by atoms with van der Waals surface area (Å²) in [6.45, 7) is 16.1. The summed E-state index contributed by atoms with van der Waals surface area (Å²) in [6, 6.07) is 7.67. The van der Waals surface area contributed by atoms with Crippen molar-refractivity contribution in [3.63, 3.8) is 0 Å². The van der Waals surface area contributed by atoms with E-state index < -0.39 is 8.32 Å². The summed E-state index contributed by atoms with van der Waals surface area (Å²) in [5, 5.41) is 11.5. The highest BCUT2D eigenvalue weighted by atomic mass is 28.4. The lowest BCUT2D eigenvalue weighted by Crippen LogP contribution is -2.45. The first-order valence-electron chi connectivity index (χ1n) is 9.34. The van der Waals surface area contributed by atoms with Crippen LogP contribution in [0.4, 0.5) is 0 Å². The standard InChI is InChI=1S/C21H34O2Si2/c1-15-9-8-10-20(16(15)2)24-14-18-17(13-22)11-12-19(18)23-25(6,7)21(3,4)5/h8-11,18-19,22H,12-14H2,1-7H3/t18-,19-/m0/s1. The highest BCUT2D eigenvalue weighted by Crippen LogP contribution is 2.41. The molecule has 0 amide bonds. The quantitative estimate of drug-likeness (QED) is 0.591. The maximum Gasteiger partial charge on any atom is 0.192 e. The van der Waals surface area contributed by atoms with Gasteiger partial charge < -0.3 is 9.53 Å². The van der Waals surface area contributed by atoms with Crippen molar-refractivity contribution in [2.75, 3.05) is 6.61 Å². The molecule has 0 spiro atoms. The van der Waals surface area contributed by atoms with E-state index in [1.165, 1.54) is 21.9 Å². The molecule has 138 valence electrons. The largest absolute Gasteiger partial charge is 0.413 e. The number of benzene rings is 1. The van der Waals surface area contributed by atoms with E-state index in [1.54, 1.807) is 0 Å². The lowest BCUT2D eigenvalue weighted by Gasteiger charge is -2.40. The van der Waals surface area contributed by atoms with Crippen LogP contribution in [0.5, 0.6) is 0 Å². The SMILES string of the molecule is Cc1cccc([Si]C[C@H]2C(CO)=CC[C@@H]2O[Si](C)(C)C(C)(C)C)c1C. The normalized spacial score (nSPS) is 21.5. The monoisotopic (exact) mass is 374 g/mol. The first-order valence-corrected chi connectivity index (χ1v) is 13.5. The molecule has 2 rings (SSSR count). The van der Waals surface area contributed by atoms with Crippen LogP contribution in [0.25, 0.3) is 0 Å². The second kappa shape index (κ2) is 7.91. The van der Waals surface area contributed by atoms with Gasteiger partial charge in [0.05, 0.1) is 22.2 Å². The van der Waals surface area contributed by atoms with Crippen LogP contribution in [-0.2, 0) is 4.43 Å². The number of aliphatic hydroxyl groups is 1. The second-order valence-electron chi connectivity index (χ2n) is 8.82. The van der Waals surface area contributed by atoms with Gasteiger partial charge in [-0.3, -0.25) is 0 Å². The molecule has 1 aromatic rings. The summed E-state index contributed by atoms with van der Waals surface area (Å²) in [4.78, 5) is 0. The minimum Gasteiger partial charge on any atom is -0.413 e. The summed E-state index contributed by atoms with van der Waals surface area (Å²) in [7, 11) is -1.03. The molecule has 1 aliphatic rings. The molecule has 0 fully saturated rings. The van der Waals surface area contributed by atoms with Crippen LogP contribution < -0.4 is 5.19 Å². The van der Waals surface area contributed by atoms with Gasteiger partial charge in [-0.05, 0) is 61.1 Å². The van der Waals surface area contributed by atoms with Crippen LogP contribution in [0, 0.1) is 19.8 Å². The van der Waals surface area contributed by atoms with Crippen molar-refractivity contribution in [2.24, 2.45) is 5.92 Å². The maximum atomic E-state index is 9.80. The second-order valence-corrected chi connectivity index (χ2v) is 14.9. The third-order valence-electron chi connectivity index (χ3n) is 6.09. The van der Waals surface area contributed by atoms with E-state index in [0.717, 1.165) is 22.0 Å². The topological polar surface area (TPSA) is 29.5 Å². The number of hydrogen-bond donors (Lipinski definition) is 1. The summed E-state index contributed by atoms with van der Waals surface area (Å²) in [5.74, 6) is 0.359. The zero-order valence-corrected chi connectivity index (χ0v) is 18.9. The minimum atomic E-state index is -1.79. The fraction of sp³-hybridized carbons (Fsp3) is 0.619. The molecule has 0 bridgehead atoms. The molecule has 2 nitrogen and oxygen atoms in total. The number of aliphatic hydroxyl groups excluding tert-OH is 1. The minimum absolute atomic E-state index is 0.166. The van der Waals surface area contributed by atoms with Gasteiger partial charge in [-0.25, -0.2) is 0 Å². The van der Waals surface area contributed by atoms with E-state index in [2.05, 4.69) is 72.0 Å². The van der Waals surface area contributed by atoms with Crippen LogP contribution in [0.3, 0.4) is 0 Å². The molecular weight excluding hydrogens is 340 g/mol. The number of rotatable bonds is 6. The van der Waals surface area contributed by atoms with Crippen LogP contribution in [0.2, 0.25) is 24.2 Å². The van der Waals surface area contributed by atoms with Gasteiger partial charge in [-0.1, -0.05) is 50.2 Å². The molecule has 0 saturated carbocycles. The first-order chi connectivity index (χ1) is 11.6. The predicted octanol–water partition coefficient (Wildman–Crippen LogP) is 4.38. The van der Waals surface area contributed by atoms with Crippen LogP contribution >= 0.6 is 0 Å². The highest BCUT2D eigenvalue weighted by Gasteiger charge is 2.42. The first kappa shape index (κ1) is 20.6. The fourth-order valence-corrected chi connectivity index (χ4v) is 6.13. The average molecular weight is 375 g/mol. The van der Waals surface area contributed by atoms with Crippen molar-refractivity contribution in [1.29, 1.82) is 0 Å². The van der Waals surface area contributed by atoms with Crippen LogP contribution in [-0.4, -0.2) is 35.7 Å². The molecule has 1 N–H and O–H groups in total. The maximum absolute atomic E-state index is 9.80. The van der Waals surface area contributed by atoms with Gasteiger partial charge in [0.15, 0.2) is 8.32 Å². The van der Waals surface area contributed by atoms with Gasteiger partial charge in [-0.2, -0.15) is 0 Å². The molecule has 0 aliphatic heterocycles. The van der Waals surface area contributed by atoms with E-state index in [9.17, 15) is 5.11 Å². The third-order valence-corrected chi connectivity index (χ3v) is 12.2. The van der Waals surface area contributed by atoms with Gasteiger partial charge in [0.25, 0.3) is 0 Å². The van der Waals surface area contributed by atoms with E-state index in [0.29, 0.717) is 5.92 Å². The number of hydrogen-bond acceptors (Lipinski definition) is 2. The van der Waals surface area contributed by atoms with E-state index in [1.807, 2.05) is 0 Å². The third kappa shape index (κ3) is 4.73. The van der Waals surface area contributed by atoms with Gasteiger partial charge in [-0.15, -0.1) is 0 Å². The smallest absolute Gasteiger partial charge is 0.192 e. The van der Waals surface area contributed by atoms with Crippen molar-refractivity contribution in [1.82, 2.24) is 0 Å². The van der Waals surface area contributed by atoms with Crippen LogP contribution in [0.15, 0.2) is 29.8 Å².